The van der Waals surface area contributed by atoms with Gasteiger partial charge < -0.3 is 33.9 Å². The molecule has 0 amide bonds. The zero-order valence-corrected chi connectivity index (χ0v) is 6.38. The molecule has 0 bridgehead atoms. The monoisotopic (exact) mass is 404 g/mol. The molecule has 0 heterocycles. The first-order valence-corrected chi connectivity index (χ1v) is 5.03. The summed E-state index contributed by atoms with van der Waals surface area (Å²) in [4.78, 5) is 50.9. The molecular weight excluding hydrogens is 387 g/mol. The predicted octanol–water partition coefficient (Wildman–Crippen LogP) is -8.12. The van der Waals surface area contributed by atoms with Crippen molar-refractivity contribution in [2.24, 2.45) is 0 Å². The summed E-state index contributed by atoms with van der Waals surface area (Å²) in [5.74, 6) is 0. The SMILES string of the molecule is O=P(O)(O)O.O[Si](O)(O)O.[CaH2].[CaH2].[CaH2].[CaH2].[CaH2]. The molecule has 0 aromatic rings. The van der Waals surface area contributed by atoms with E-state index in [1.54, 1.807) is 0 Å². The van der Waals surface area contributed by atoms with E-state index < -0.39 is 16.9 Å². The van der Waals surface area contributed by atoms with Crippen LogP contribution in [-0.2, 0) is 4.57 Å². The van der Waals surface area contributed by atoms with Crippen LogP contribution in [0, 0.1) is 0 Å². The topological polar surface area (TPSA) is 159 Å². The molecule has 15 heavy (non-hydrogen) atoms. The summed E-state index contributed by atoms with van der Waals surface area (Å²) < 4.78 is 8.88. The van der Waals surface area contributed by atoms with Crippen molar-refractivity contribution in [2.45, 2.75) is 0 Å². The van der Waals surface area contributed by atoms with E-state index in [4.69, 9.17) is 38.4 Å². The molecule has 15 heteroatoms. The van der Waals surface area contributed by atoms with Crippen LogP contribution in [0.4, 0.5) is 0 Å². The van der Waals surface area contributed by atoms with Crippen molar-refractivity contribution in [1.82, 2.24) is 0 Å². The fourth-order valence-electron chi connectivity index (χ4n) is 0. The van der Waals surface area contributed by atoms with Crippen molar-refractivity contribution in [3.8, 4) is 0 Å². The quantitative estimate of drug-likeness (QED) is 0.155. The van der Waals surface area contributed by atoms with Crippen molar-refractivity contribution in [1.29, 1.82) is 0 Å². The third-order valence-corrected chi connectivity index (χ3v) is 0. The molecule has 0 rings (SSSR count). The molecule has 0 atom stereocenters. The van der Waals surface area contributed by atoms with Gasteiger partial charge in [0.2, 0.25) is 0 Å². The summed E-state index contributed by atoms with van der Waals surface area (Å²) in [5.41, 5.74) is 0. The van der Waals surface area contributed by atoms with Gasteiger partial charge in [-0.05, 0) is 0 Å². The van der Waals surface area contributed by atoms with Crippen LogP contribution in [0.3, 0.4) is 0 Å². The summed E-state index contributed by atoms with van der Waals surface area (Å²) in [5, 5.41) is 0. The molecule has 8 nitrogen and oxygen atoms in total. The van der Waals surface area contributed by atoms with Crippen LogP contribution in [-0.4, -0.2) is 232 Å². The Morgan fingerprint density at radius 1 is 0.667 bits per heavy atom. The van der Waals surface area contributed by atoms with Gasteiger partial charge in [0, 0.05) is 0 Å². The van der Waals surface area contributed by atoms with Gasteiger partial charge >= 0.3 is 206 Å². The Morgan fingerprint density at radius 2 is 0.667 bits per heavy atom. The average Bonchev–Trinajstić information content (AvgIpc) is 1.12. The van der Waals surface area contributed by atoms with E-state index in [0.29, 0.717) is 0 Å². The van der Waals surface area contributed by atoms with Gasteiger partial charge in [0.05, 0.1) is 0 Å². The maximum atomic E-state index is 8.88. The Labute approximate surface area is 237 Å². The molecule has 0 spiro atoms. The number of rotatable bonds is 0. The summed E-state index contributed by atoms with van der Waals surface area (Å²) in [6.07, 6.45) is 0. The average molecular weight is 405 g/mol. The Kier molecular flexibility index (Phi) is 65.1. The maximum absolute atomic E-state index is 8.88. The Balaban J connectivity index is -0.0000000128. The second-order valence-electron chi connectivity index (χ2n) is 1.11. The zero-order valence-electron chi connectivity index (χ0n) is 4.49. The van der Waals surface area contributed by atoms with Crippen LogP contribution in [0.25, 0.3) is 0 Å². The van der Waals surface area contributed by atoms with E-state index in [-0.39, 0.29) is 189 Å². The van der Waals surface area contributed by atoms with Crippen molar-refractivity contribution in [3.63, 3.8) is 0 Å². The van der Waals surface area contributed by atoms with E-state index in [9.17, 15) is 0 Å². The molecule has 84 valence electrons. The van der Waals surface area contributed by atoms with Gasteiger partial charge in [0.15, 0.2) is 0 Å². The number of hydrogen-bond acceptors (Lipinski definition) is 5. The van der Waals surface area contributed by atoms with Gasteiger partial charge in [-0.2, -0.15) is 0 Å². The van der Waals surface area contributed by atoms with Crippen molar-refractivity contribution in [3.05, 3.63) is 0 Å². The summed E-state index contributed by atoms with van der Waals surface area (Å²) >= 11 is 0. The molecule has 0 saturated carbocycles. The van der Waals surface area contributed by atoms with E-state index in [1.807, 2.05) is 0 Å². The third-order valence-electron chi connectivity index (χ3n) is 0. The number of phosphoric acid groups is 1. The molecule has 0 fully saturated rings. The molecule has 0 aliphatic rings. The second kappa shape index (κ2) is 22.7. The van der Waals surface area contributed by atoms with Crippen LogP contribution in [0.5, 0.6) is 0 Å². The van der Waals surface area contributed by atoms with E-state index in [0.717, 1.165) is 0 Å². The van der Waals surface area contributed by atoms with Crippen LogP contribution in [0.15, 0.2) is 0 Å². The van der Waals surface area contributed by atoms with Gasteiger partial charge in [-0.3, -0.25) is 0 Å². The fraction of sp³-hybridized carbons (Fsp3) is 0. The molecule has 0 radical (unpaired) electrons. The molecule has 0 aromatic carbocycles. The van der Waals surface area contributed by atoms with Crippen molar-refractivity contribution in [2.75, 3.05) is 0 Å². The molecular formula is H17Ca5O8PSi. The number of hydrogen-bond donors (Lipinski definition) is 7. The van der Waals surface area contributed by atoms with Gasteiger partial charge in [0.25, 0.3) is 0 Å². The van der Waals surface area contributed by atoms with Crippen molar-refractivity contribution >= 4 is 206 Å². The van der Waals surface area contributed by atoms with Crippen molar-refractivity contribution < 1.29 is 38.4 Å². The fourth-order valence-corrected chi connectivity index (χ4v) is 0. The second-order valence-corrected chi connectivity index (χ2v) is 3.34. The minimum absolute atomic E-state index is 0. The minimum atomic E-state index is -4.64. The molecule has 0 aliphatic carbocycles. The molecule has 7 N–H and O–H groups in total. The summed E-state index contributed by atoms with van der Waals surface area (Å²) in [7, 11) is -9.25. The van der Waals surface area contributed by atoms with Crippen LogP contribution >= 0.6 is 7.82 Å². The molecule has 0 unspecified atom stereocenters. The van der Waals surface area contributed by atoms with E-state index >= 15 is 0 Å². The predicted molar refractivity (Wildman–Crippen MR) is 71.6 cm³/mol. The van der Waals surface area contributed by atoms with Crippen LogP contribution in [0.2, 0.25) is 0 Å². The third kappa shape index (κ3) is 167. The van der Waals surface area contributed by atoms with Crippen LogP contribution in [0.1, 0.15) is 0 Å². The standard InChI is InChI=1S/5Ca.H3O4P.H4O4Si.10H/c;;;;;2*1-5(2,3)4;;;;;;;;;;/h;;;;;(H3,1,2,3,4);1-4H;;;;;;;;;;. The molecule has 0 aromatic heterocycles. The van der Waals surface area contributed by atoms with Gasteiger partial charge in [-0.1, -0.05) is 0 Å². The Bertz CT molecular complexity index is 115. The zero-order chi connectivity index (χ0) is 9.00. The van der Waals surface area contributed by atoms with Gasteiger partial charge in [-0.15, -0.1) is 0 Å². The summed E-state index contributed by atoms with van der Waals surface area (Å²) in [6, 6.07) is 0. The summed E-state index contributed by atoms with van der Waals surface area (Å²) in [6.45, 7) is 0. The first-order valence-electron chi connectivity index (χ1n) is 1.68. The Hall–Kier alpha value is 6.47. The van der Waals surface area contributed by atoms with Crippen LogP contribution < -0.4 is 0 Å². The first kappa shape index (κ1) is 43.0. The first-order chi connectivity index (χ1) is 4.00. The molecule has 0 saturated heterocycles. The van der Waals surface area contributed by atoms with E-state index in [2.05, 4.69) is 0 Å². The molecule has 0 aliphatic heterocycles. The van der Waals surface area contributed by atoms with Gasteiger partial charge in [-0.25, -0.2) is 4.57 Å². The van der Waals surface area contributed by atoms with E-state index in [1.165, 1.54) is 0 Å². The normalized spacial score (nSPS) is 7.93. The van der Waals surface area contributed by atoms with Gasteiger partial charge in [0.1, 0.15) is 0 Å². The Morgan fingerprint density at radius 3 is 0.667 bits per heavy atom.